The Kier molecular flexibility index (Phi) is 6.43. The molecule has 2 bridgehead atoms. The van der Waals surface area contributed by atoms with Crippen molar-refractivity contribution in [2.45, 2.75) is 31.6 Å². The second-order valence-corrected chi connectivity index (χ2v) is 12.6. The molecule has 1 heterocycles. The van der Waals surface area contributed by atoms with Crippen molar-refractivity contribution in [1.82, 2.24) is 4.57 Å². The van der Waals surface area contributed by atoms with E-state index in [1.54, 1.807) is 12.1 Å². The first-order valence-electron chi connectivity index (χ1n) is 15.7. The highest BCUT2D eigenvalue weighted by molar-refractivity contribution is 6.11. The van der Waals surface area contributed by atoms with E-state index in [1.165, 1.54) is 36.9 Å². The molecule has 5 nitrogen and oxygen atoms in total. The largest absolute Gasteiger partial charge is 0.309 e. The van der Waals surface area contributed by atoms with Gasteiger partial charge in [0.15, 0.2) is 0 Å². The number of nitrogens with zero attached hydrogens (tertiary/aromatic N) is 5. The highest BCUT2D eigenvalue weighted by atomic mass is 15.0. The third-order valence-electron chi connectivity index (χ3n) is 10.2. The van der Waals surface area contributed by atoms with Gasteiger partial charge in [-0.3, -0.25) is 0 Å². The molecule has 216 valence electrons. The van der Waals surface area contributed by atoms with E-state index in [0.29, 0.717) is 28.2 Å². The molecule has 0 aliphatic heterocycles. The van der Waals surface area contributed by atoms with Gasteiger partial charge in [0.25, 0.3) is 0 Å². The molecule has 1 aromatic heterocycles. The Morgan fingerprint density at radius 2 is 0.913 bits per heavy atom. The van der Waals surface area contributed by atoms with Crippen LogP contribution in [-0.2, 0) is 0 Å². The van der Waals surface area contributed by atoms with Crippen LogP contribution in [0.4, 0.5) is 0 Å². The maximum absolute atomic E-state index is 9.64. The number of nitriles is 4. The topological polar surface area (TPSA) is 100 Å². The zero-order valence-electron chi connectivity index (χ0n) is 25.0. The Hall–Kier alpha value is -6.14. The molecule has 46 heavy (non-hydrogen) atoms. The molecule has 0 saturated heterocycles. The van der Waals surface area contributed by atoms with Crippen molar-refractivity contribution in [2.24, 2.45) is 11.8 Å². The maximum atomic E-state index is 9.64. The lowest BCUT2D eigenvalue weighted by Crippen LogP contribution is -2.09. The molecule has 2 aliphatic rings. The van der Waals surface area contributed by atoms with E-state index >= 15 is 0 Å². The summed E-state index contributed by atoms with van der Waals surface area (Å²) in [6.07, 6.45) is 5.23. The molecule has 5 aromatic carbocycles. The number of hydrogen-bond donors (Lipinski definition) is 0. The standard InChI is InChI=1S/C41H27N5/c42-21-25-13-26(22-43)16-33(15-25)31-9-11-39-36(19-31)37-20-32(34-17-27(23-44)14-28(18-34)24-45)10-12-40(37)46(39)38-4-2-1-3-35(38)41-29-5-6-30(41)8-7-29/h1-4,9-20,29-30,41H,5-8H2. The molecule has 2 fully saturated rings. The van der Waals surface area contributed by atoms with Gasteiger partial charge in [0, 0.05) is 16.5 Å². The lowest BCUT2D eigenvalue weighted by atomic mass is 9.88. The summed E-state index contributed by atoms with van der Waals surface area (Å²) in [6.45, 7) is 0. The molecule has 0 N–H and O–H groups in total. The van der Waals surface area contributed by atoms with Crippen LogP contribution < -0.4 is 0 Å². The van der Waals surface area contributed by atoms with Crippen molar-refractivity contribution in [3.05, 3.63) is 125 Å². The number of benzene rings is 5. The Morgan fingerprint density at radius 1 is 0.478 bits per heavy atom. The van der Waals surface area contributed by atoms with Gasteiger partial charge < -0.3 is 4.57 Å². The second-order valence-electron chi connectivity index (χ2n) is 12.6. The van der Waals surface area contributed by atoms with E-state index in [0.717, 1.165) is 55.9 Å². The van der Waals surface area contributed by atoms with Gasteiger partial charge in [-0.2, -0.15) is 21.0 Å². The van der Waals surface area contributed by atoms with Gasteiger partial charge in [-0.25, -0.2) is 0 Å². The summed E-state index contributed by atoms with van der Waals surface area (Å²) in [5.41, 5.74) is 10.1. The highest BCUT2D eigenvalue weighted by Gasteiger charge is 2.43. The fourth-order valence-corrected chi connectivity index (χ4v) is 8.22. The summed E-state index contributed by atoms with van der Waals surface area (Å²) >= 11 is 0. The van der Waals surface area contributed by atoms with Crippen molar-refractivity contribution in [3.8, 4) is 52.2 Å². The van der Waals surface area contributed by atoms with Crippen molar-refractivity contribution < 1.29 is 0 Å². The van der Waals surface area contributed by atoms with Crippen molar-refractivity contribution >= 4 is 21.8 Å². The van der Waals surface area contributed by atoms with Crippen LogP contribution in [0.1, 0.15) is 59.4 Å². The van der Waals surface area contributed by atoms with Gasteiger partial charge in [0.2, 0.25) is 0 Å². The number of hydrogen-bond acceptors (Lipinski definition) is 4. The molecule has 0 amide bonds. The second kappa shape index (κ2) is 10.8. The van der Waals surface area contributed by atoms with E-state index in [-0.39, 0.29) is 0 Å². The number of aromatic nitrogens is 1. The Morgan fingerprint density at radius 3 is 1.35 bits per heavy atom. The molecule has 0 atom stereocenters. The van der Waals surface area contributed by atoms with Crippen LogP contribution in [0, 0.1) is 57.2 Å². The maximum Gasteiger partial charge on any atom is 0.0992 e. The van der Waals surface area contributed by atoms with Crippen LogP contribution in [-0.4, -0.2) is 4.57 Å². The van der Waals surface area contributed by atoms with Crippen LogP contribution in [0.15, 0.2) is 97.1 Å². The summed E-state index contributed by atoms with van der Waals surface area (Å²) in [5, 5.41) is 40.7. The molecule has 0 unspecified atom stereocenters. The lowest BCUT2D eigenvalue weighted by molar-refractivity contribution is 0.480. The fraction of sp³-hybridized carbons (Fsp3) is 0.171. The predicted octanol–water partition coefficient (Wildman–Crippen LogP) is 9.51. The van der Waals surface area contributed by atoms with Crippen LogP contribution in [0.25, 0.3) is 49.7 Å². The van der Waals surface area contributed by atoms with Gasteiger partial charge in [0.1, 0.15) is 0 Å². The molecule has 8 rings (SSSR count). The average molecular weight is 590 g/mol. The minimum Gasteiger partial charge on any atom is -0.309 e. The molecular formula is C41H27N5. The zero-order valence-corrected chi connectivity index (χ0v) is 25.0. The Labute approximate surface area is 267 Å². The zero-order chi connectivity index (χ0) is 31.4. The van der Waals surface area contributed by atoms with Crippen molar-refractivity contribution in [1.29, 1.82) is 21.0 Å². The Balaban J connectivity index is 1.40. The molecule has 2 aliphatic carbocycles. The van der Waals surface area contributed by atoms with Crippen LogP contribution >= 0.6 is 0 Å². The fourth-order valence-electron chi connectivity index (χ4n) is 8.22. The predicted molar refractivity (Wildman–Crippen MR) is 179 cm³/mol. The third-order valence-corrected chi connectivity index (χ3v) is 10.2. The molecule has 6 aromatic rings. The van der Waals surface area contributed by atoms with E-state index in [9.17, 15) is 21.0 Å². The highest BCUT2D eigenvalue weighted by Crippen LogP contribution is 2.56. The normalized spacial score (nSPS) is 18.2. The van der Waals surface area contributed by atoms with Crippen LogP contribution in [0.2, 0.25) is 0 Å². The van der Waals surface area contributed by atoms with Gasteiger partial charge in [0.05, 0.1) is 57.6 Å². The third kappa shape index (κ3) is 4.34. The van der Waals surface area contributed by atoms with Gasteiger partial charge in [-0.1, -0.05) is 30.3 Å². The minimum atomic E-state index is 0.449. The summed E-state index contributed by atoms with van der Waals surface area (Å²) < 4.78 is 2.39. The lowest BCUT2D eigenvalue weighted by Gasteiger charge is -2.22. The van der Waals surface area contributed by atoms with Crippen LogP contribution in [0.5, 0.6) is 0 Å². The minimum absolute atomic E-state index is 0.449. The summed E-state index contributed by atoms with van der Waals surface area (Å²) in [5.74, 6) is 2.04. The van der Waals surface area contributed by atoms with E-state index in [2.05, 4.69) is 89.5 Å². The van der Waals surface area contributed by atoms with E-state index in [4.69, 9.17) is 0 Å². The summed E-state index contributed by atoms with van der Waals surface area (Å²) in [4.78, 5) is 0. The summed E-state index contributed by atoms with van der Waals surface area (Å²) in [6, 6.07) is 40.9. The first kappa shape index (κ1) is 27.4. The first-order chi connectivity index (χ1) is 22.6. The molecule has 2 saturated carbocycles. The monoisotopic (exact) mass is 589 g/mol. The van der Waals surface area contributed by atoms with Gasteiger partial charge in [-0.15, -0.1) is 0 Å². The molecular weight excluding hydrogens is 562 g/mol. The molecule has 0 spiro atoms. The SMILES string of the molecule is N#Cc1cc(C#N)cc(-c2ccc3c(c2)c2cc(-c4cc(C#N)cc(C#N)c4)ccc2n3-c2ccccc2C2C3CCC2CC3)c1. The quantitative estimate of drug-likeness (QED) is 0.204. The van der Waals surface area contributed by atoms with Crippen LogP contribution in [0.3, 0.4) is 0 Å². The number of rotatable bonds is 4. The smallest absolute Gasteiger partial charge is 0.0992 e. The van der Waals surface area contributed by atoms with Crippen molar-refractivity contribution in [3.63, 3.8) is 0 Å². The van der Waals surface area contributed by atoms with E-state index in [1.807, 2.05) is 24.3 Å². The molecule has 5 heteroatoms. The van der Waals surface area contributed by atoms with E-state index < -0.39 is 0 Å². The van der Waals surface area contributed by atoms with Gasteiger partial charge in [-0.05, 0) is 138 Å². The van der Waals surface area contributed by atoms with Gasteiger partial charge >= 0.3 is 0 Å². The van der Waals surface area contributed by atoms with Crippen molar-refractivity contribution in [2.75, 3.05) is 0 Å². The number of fused-ring (bicyclic) bond motifs is 5. The Bertz CT molecular complexity index is 2180. The first-order valence-corrected chi connectivity index (χ1v) is 15.7. The average Bonchev–Trinajstić information content (AvgIpc) is 3.81. The number of para-hydroxylation sites is 1. The summed E-state index contributed by atoms with van der Waals surface area (Å²) in [7, 11) is 0. The molecule has 0 radical (unpaired) electrons.